The summed E-state index contributed by atoms with van der Waals surface area (Å²) in [6.07, 6.45) is -3.15. The molecule has 1 N–H and O–H groups in total. The summed E-state index contributed by atoms with van der Waals surface area (Å²) in [4.78, 5) is 40.8. The smallest absolute Gasteiger partial charge is 0.338 e. The van der Waals surface area contributed by atoms with Crippen molar-refractivity contribution in [2.24, 2.45) is 0 Å². The van der Waals surface area contributed by atoms with Crippen molar-refractivity contribution in [1.82, 2.24) is 4.90 Å². The first-order valence-electron chi connectivity index (χ1n) is 10.1. The molecule has 170 valence electrons. The van der Waals surface area contributed by atoms with Gasteiger partial charge in [0.1, 0.15) is 5.60 Å². The molecule has 0 aromatic heterocycles. The minimum absolute atomic E-state index is 0.113. The zero-order valence-corrected chi connectivity index (χ0v) is 18.6. The topological polar surface area (TPSA) is 106 Å². The van der Waals surface area contributed by atoms with Crippen LogP contribution in [0.25, 0.3) is 0 Å². The average Bonchev–Trinajstić information content (AvgIpc) is 2.72. The fourth-order valence-corrected chi connectivity index (χ4v) is 3.61. The SMILES string of the molecule is CC(C)(C)OC(=O)C(O)C1OCCN(c2ccc(C(=O)N3CCOCC3)c(Cl)c2)C1=O. The Balaban J connectivity index is 1.74. The first kappa shape index (κ1) is 23.5. The number of aliphatic hydroxyl groups is 1. The lowest BCUT2D eigenvalue weighted by Crippen LogP contribution is -2.55. The Kier molecular flexibility index (Phi) is 7.20. The molecule has 2 unspecified atom stereocenters. The van der Waals surface area contributed by atoms with Crippen LogP contribution in [0.2, 0.25) is 5.02 Å². The molecule has 10 heteroatoms. The van der Waals surface area contributed by atoms with Gasteiger partial charge in [0.2, 0.25) is 0 Å². The Bertz CT molecular complexity index is 849. The van der Waals surface area contributed by atoms with Crippen molar-refractivity contribution < 1.29 is 33.7 Å². The monoisotopic (exact) mass is 454 g/mol. The molecule has 0 saturated carbocycles. The van der Waals surface area contributed by atoms with Crippen LogP contribution in [0.3, 0.4) is 0 Å². The molecule has 1 aromatic rings. The van der Waals surface area contributed by atoms with E-state index in [2.05, 4.69) is 0 Å². The first-order valence-corrected chi connectivity index (χ1v) is 10.5. The van der Waals surface area contributed by atoms with E-state index in [1.54, 1.807) is 37.8 Å². The van der Waals surface area contributed by atoms with Crippen molar-refractivity contribution in [2.45, 2.75) is 38.6 Å². The van der Waals surface area contributed by atoms with Gasteiger partial charge in [-0.2, -0.15) is 0 Å². The fraction of sp³-hybridized carbons (Fsp3) is 0.571. The summed E-state index contributed by atoms with van der Waals surface area (Å²) in [5.74, 6) is -1.73. The summed E-state index contributed by atoms with van der Waals surface area (Å²) in [5.41, 5.74) is -0.0390. The van der Waals surface area contributed by atoms with Crippen LogP contribution in [-0.4, -0.2) is 85.1 Å². The summed E-state index contributed by atoms with van der Waals surface area (Å²) < 4.78 is 15.8. The van der Waals surface area contributed by atoms with Gasteiger partial charge in [-0.05, 0) is 39.0 Å². The zero-order chi connectivity index (χ0) is 22.8. The third-order valence-corrected chi connectivity index (χ3v) is 5.16. The van der Waals surface area contributed by atoms with Gasteiger partial charge in [-0.3, -0.25) is 9.59 Å². The second kappa shape index (κ2) is 9.52. The van der Waals surface area contributed by atoms with E-state index in [9.17, 15) is 19.5 Å². The van der Waals surface area contributed by atoms with Gasteiger partial charge in [0.05, 0.1) is 30.4 Å². The third-order valence-electron chi connectivity index (χ3n) is 4.85. The van der Waals surface area contributed by atoms with Crippen molar-refractivity contribution >= 4 is 35.1 Å². The van der Waals surface area contributed by atoms with E-state index in [1.165, 1.54) is 11.0 Å². The molecular weight excluding hydrogens is 428 g/mol. The number of benzene rings is 1. The lowest BCUT2D eigenvalue weighted by molar-refractivity contribution is -0.177. The van der Waals surface area contributed by atoms with Crippen molar-refractivity contribution in [3.05, 3.63) is 28.8 Å². The van der Waals surface area contributed by atoms with E-state index >= 15 is 0 Å². The van der Waals surface area contributed by atoms with Crippen LogP contribution in [0.1, 0.15) is 31.1 Å². The predicted molar refractivity (Wildman–Crippen MR) is 112 cm³/mol. The second-order valence-corrected chi connectivity index (χ2v) is 8.74. The maximum Gasteiger partial charge on any atom is 0.338 e. The molecule has 31 heavy (non-hydrogen) atoms. The molecule has 2 atom stereocenters. The number of halogens is 1. The van der Waals surface area contributed by atoms with E-state index in [1.807, 2.05) is 0 Å². The van der Waals surface area contributed by atoms with Crippen LogP contribution in [0.5, 0.6) is 0 Å². The molecule has 0 aliphatic carbocycles. The number of hydrogen-bond acceptors (Lipinski definition) is 7. The van der Waals surface area contributed by atoms with E-state index in [0.717, 1.165) is 0 Å². The number of amides is 2. The van der Waals surface area contributed by atoms with E-state index in [0.29, 0.717) is 37.6 Å². The molecule has 0 bridgehead atoms. The van der Waals surface area contributed by atoms with Crippen molar-refractivity contribution in [3.8, 4) is 0 Å². The minimum Gasteiger partial charge on any atom is -0.458 e. The Morgan fingerprint density at radius 1 is 1.19 bits per heavy atom. The highest BCUT2D eigenvalue weighted by Crippen LogP contribution is 2.28. The number of ether oxygens (including phenoxy) is 3. The van der Waals surface area contributed by atoms with E-state index in [-0.39, 0.29) is 24.1 Å². The number of morpholine rings is 2. The van der Waals surface area contributed by atoms with Gasteiger partial charge in [-0.1, -0.05) is 11.6 Å². The number of aliphatic hydroxyl groups excluding tert-OH is 1. The summed E-state index contributed by atoms with van der Waals surface area (Å²) in [5, 5.41) is 10.5. The molecule has 2 heterocycles. The zero-order valence-electron chi connectivity index (χ0n) is 17.8. The Morgan fingerprint density at radius 3 is 2.48 bits per heavy atom. The van der Waals surface area contributed by atoms with Gasteiger partial charge < -0.3 is 29.1 Å². The van der Waals surface area contributed by atoms with Gasteiger partial charge >= 0.3 is 5.97 Å². The largest absolute Gasteiger partial charge is 0.458 e. The second-order valence-electron chi connectivity index (χ2n) is 8.33. The number of carbonyl (C=O) groups excluding carboxylic acids is 3. The van der Waals surface area contributed by atoms with Gasteiger partial charge in [-0.25, -0.2) is 4.79 Å². The van der Waals surface area contributed by atoms with Crippen LogP contribution in [-0.2, 0) is 23.8 Å². The number of anilines is 1. The number of rotatable bonds is 4. The number of carbonyl (C=O) groups is 3. The summed E-state index contributed by atoms with van der Waals surface area (Å²) in [7, 11) is 0. The van der Waals surface area contributed by atoms with Gasteiger partial charge in [0, 0.05) is 25.3 Å². The molecule has 2 saturated heterocycles. The number of hydrogen-bond donors (Lipinski definition) is 1. The van der Waals surface area contributed by atoms with Crippen LogP contribution in [0, 0.1) is 0 Å². The van der Waals surface area contributed by atoms with Gasteiger partial charge in [-0.15, -0.1) is 0 Å². The lowest BCUT2D eigenvalue weighted by atomic mass is 10.1. The third kappa shape index (κ3) is 5.54. The molecule has 2 fully saturated rings. The molecule has 1 aromatic carbocycles. The maximum atomic E-state index is 12.9. The predicted octanol–water partition coefficient (Wildman–Crippen LogP) is 1.25. The van der Waals surface area contributed by atoms with Crippen molar-refractivity contribution in [3.63, 3.8) is 0 Å². The molecular formula is C21H27ClN2O7. The van der Waals surface area contributed by atoms with Crippen molar-refractivity contribution in [1.29, 1.82) is 0 Å². The van der Waals surface area contributed by atoms with Crippen LogP contribution < -0.4 is 4.90 Å². The highest BCUT2D eigenvalue weighted by Gasteiger charge is 2.41. The molecule has 2 amide bonds. The molecule has 2 aliphatic rings. The lowest BCUT2D eigenvalue weighted by Gasteiger charge is -2.34. The molecule has 2 aliphatic heterocycles. The molecule has 0 radical (unpaired) electrons. The molecule has 0 spiro atoms. The quantitative estimate of drug-likeness (QED) is 0.682. The fourth-order valence-electron chi connectivity index (χ4n) is 3.36. The van der Waals surface area contributed by atoms with E-state index < -0.39 is 29.7 Å². The molecule has 9 nitrogen and oxygen atoms in total. The Morgan fingerprint density at radius 2 is 1.87 bits per heavy atom. The maximum absolute atomic E-state index is 12.9. The summed E-state index contributed by atoms with van der Waals surface area (Å²) in [6.45, 7) is 7.24. The normalized spacial score (nSPS) is 21.1. The first-order chi connectivity index (χ1) is 14.6. The average molecular weight is 455 g/mol. The van der Waals surface area contributed by atoms with Gasteiger partial charge in [0.25, 0.3) is 11.8 Å². The highest BCUT2D eigenvalue weighted by atomic mass is 35.5. The molecule has 3 rings (SSSR count). The number of nitrogens with zero attached hydrogens (tertiary/aromatic N) is 2. The van der Waals surface area contributed by atoms with Crippen LogP contribution in [0.15, 0.2) is 18.2 Å². The summed E-state index contributed by atoms with van der Waals surface area (Å²) >= 11 is 6.36. The Hall–Kier alpha value is -2.20. The van der Waals surface area contributed by atoms with Crippen LogP contribution >= 0.6 is 11.6 Å². The minimum atomic E-state index is -1.76. The van der Waals surface area contributed by atoms with Crippen LogP contribution in [0.4, 0.5) is 5.69 Å². The van der Waals surface area contributed by atoms with Gasteiger partial charge in [0.15, 0.2) is 12.2 Å². The highest BCUT2D eigenvalue weighted by molar-refractivity contribution is 6.34. The Labute approximate surface area is 185 Å². The van der Waals surface area contributed by atoms with Crippen molar-refractivity contribution in [2.75, 3.05) is 44.4 Å². The van der Waals surface area contributed by atoms with E-state index in [4.69, 9.17) is 25.8 Å². The summed E-state index contributed by atoms with van der Waals surface area (Å²) in [6, 6.07) is 4.70. The standard InChI is InChI=1S/C21H27ClN2O7/c1-21(2,3)31-20(28)16(25)17-19(27)24(8-11-30-17)13-4-5-14(15(22)12-13)18(26)23-6-9-29-10-7-23/h4-5,12,16-17,25H,6-11H2,1-3H3. The number of esters is 1.